The van der Waals surface area contributed by atoms with Crippen molar-refractivity contribution in [2.75, 3.05) is 26.0 Å². The number of carbonyl (C=O) groups excluding carboxylic acids is 1. The number of rotatable bonds is 6. The third-order valence-electron chi connectivity index (χ3n) is 3.58. The summed E-state index contributed by atoms with van der Waals surface area (Å²) >= 11 is 1.90. The summed E-state index contributed by atoms with van der Waals surface area (Å²) in [6.45, 7) is 7.87. The van der Waals surface area contributed by atoms with Crippen LogP contribution in [-0.2, 0) is 0 Å². The first-order valence-electron chi connectivity index (χ1n) is 7.55. The Morgan fingerprint density at radius 2 is 2.10 bits per heavy atom. The molecular formula is C15H30N2O2S. The van der Waals surface area contributed by atoms with Crippen LogP contribution in [0.25, 0.3) is 0 Å². The lowest BCUT2D eigenvalue weighted by Gasteiger charge is -2.31. The monoisotopic (exact) mass is 302 g/mol. The smallest absolute Gasteiger partial charge is 0.317 e. The van der Waals surface area contributed by atoms with Gasteiger partial charge < -0.3 is 15.3 Å². The van der Waals surface area contributed by atoms with E-state index in [0.717, 1.165) is 19.4 Å². The van der Waals surface area contributed by atoms with E-state index in [1.54, 1.807) is 0 Å². The highest BCUT2D eigenvalue weighted by molar-refractivity contribution is 7.99. The molecule has 1 aliphatic carbocycles. The van der Waals surface area contributed by atoms with Crippen LogP contribution in [0.1, 0.15) is 46.5 Å². The Kier molecular flexibility index (Phi) is 7.17. The molecule has 1 aliphatic rings. The third-order valence-corrected chi connectivity index (χ3v) is 4.68. The van der Waals surface area contributed by atoms with Crippen molar-refractivity contribution in [2.45, 2.75) is 57.7 Å². The van der Waals surface area contributed by atoms with Gasteiger partial charge in [-0.25, -0.2) is 4.79 Å². The fourth-order valence-electron chi connectivity index (χ4n) is 2.64. The quantitative estimate of drug-likeness (QED) is 0.793. The normalized spacial score (nSPS) is 22.9. The Hall–Kier alpha value is -0.420. The van der Waals surface area contributed by atoms with Crippen molar-refractivity contribution >= 4 is 17.8 Å². The second kappa shape index (κ2) is 8.13. The van der Waals surface area contributed by atoms with Crippen LogP contribution in [-0.4, -0.2) is 53.3 Å². The van der Waals surface area contributed by atoms with Crippen LogP contribution in [0.3, 0.4) is 0 Å². The number of aliphatic hydroxyl groups excluding tert-OH is 1. The highest BCUT2D eigenvalue weighted by Crippen LogP contribution is 2.28. The van der Waals surface area contributed by atoms with E-state index < -0.39 is 0 Å². The van der Waals surface area contributed by atoms with E-state index in [1.807, 2.05) is 16.7 Å². The Bertz CT molecular complexity index is 305. The maximum Gasteiger partial charge on any atom is 0.317 e. The molecule has 2 atom stereocenters. The minimum atomic E-state index is 0.0279. The second-order valence-electron chi connectivity index (χ2n) is 6.88. The largest absolute Gasteiger partial charge is 0.396 e. The number of nitrogens with one attached hydrogen (secondary N) is 1. The Morgan fingerprint density at radius 3 is 2.60 bits per heavy atom. The van der Waals surface area contributed by atoms with Crippen LogP contribution in [0.15, 0.2) is 0 Å². The summed E-state index contributed by atoms with van der Waals surface area (Å²) in [5.74, 6) is 0. The van der Waals surface area contributed by atoms with Crippen LogP contribution < -0.4 is 5.32 Å². The average Bonchev–Trinajstić information content (AvgIpc) is 2.80. The number of hydrogen-bond donors (Lipinski definition) is 2. The fourth-order valence-corrected chi connectivity index (χ4v) is 3.43. The van der Waals surface area contributed by atoms with Gasteiger partial charge >= 0.3 is 6.03 Å². The summed E-state index contributed by atoms with van der Waals surface area (Å²) in [4.78, 5) is 14.3. The molecule has 1 fully saturated rings. The minimum absolute atomic E-state index is 0.0279. The number of thioether (sulfide) groups is 1. The van der Waals surface area contributed by atoms with Crippen LogP contribution >= 0.6 is 11.8 Å². The zero-order chi connectivity index (χ0) is 15.2. The van der Waals surface area contributed by atoms with Gasteiger partial charge in [-0.15, -0.1) is 0 Å². The number of amides is 2. The van der Waals surface area contributed by atoms with Crippen molar-refractivity contribution < 1.29 is 9.90 Å². The number of urea groups is 1. The van der Waals surface area contributed by atoms with Gasteiger partial charge in [0.25, 0.3) is 0 Å². The van der Waals surface area contributed by atoms with E-state index in [9.17, 15) is 4.79 Å². The molecule has 2 amide bonds. The summed E-state index contributed by atoms with van der Waals surface area (Å²) in [6, 6.07) is 0.344. The maximum atomic E-state index is 12.4. The van der Waals surface area contributed by atoms with E-state index in [-0.39, 0.29) is 18.1 Å². The molecule has 2 N–H and O–H groups in total. The Balaban J connectivity index is 2.50. The molecule has 0 aliphatic heterocycles. The lowest BCUT2D eigenvalue weighted by atomic mass is 9.96. The van der Waals surface area contributed by atoms with E-state index in [1.165, 1.54) is 6.42 Å². The van der Waals surface area contributed by atoms with Gasteiger partial charge in [0.05, 0.1) is 0 Å². The van der Waals surface area contributed by atoms with Crippen molar-refractivity contribution in [1.29, 1.82) is 0 Å². The molecule has 0 aromatic carbocycles. The second-order valence-corrected chi connectivity index (χ2v) is 8.01. The average molecular weight is 302 g/mol. The predicted octanol–water partition coefficient (Wildman–Crippen LogP) is 2.71. The summed E-state index contributed by atoms with van der Waals surface area (Å²) in [6.07, 6.45) is 6.14. The van der Waals surface area contributed by atoms with Crippen molar-refractivity contribution in [1.82, 2.24) is 10.2 Å². The van der Waals surface area contributed by atoms with Gasteiger partial charge in [0.15, 0.2) is 0 Å². The lowest BCUT2D eigenvalue weighted by molar-refractivity contribution is 0.162. The Morgan fingerprint density at radius 1 is 1.40 bits per heavy atom. The van der Waals surface area contributed by atoms with Crippen LogP contribution in [0, 0.1) is 5.41 Å². The van der Waals surface area contributed by atoms with Gasteiger partial charge in [0, 0.05) is 31.0 Å². The van der Waals surface area contributed by atoms with Crippen LogP contribution in [0.4, 0.5) is 4.79 Å². The molecule has 0 spiro atoms. The molecule has 0 saturated heterocycles. The predicted molar refractivity (Wildman–Crippen MR) is 86.2 cm³/mol. The summed E-state index contributed by atoms with van der Waals surface area (Å²) < 4.78 is 0. The molecular weight excluding hydrogens is 272 g/mol. The van der Waals surface area contributed by atoms with Crippen molar-refractivity contribution in [2.24, 2.45) is 5.41 Å². The molecule has 0 bridgehead atoms. The maximum absolute atomic E-state index is 12.4. The zero-order valence-electron chi connectivity index (χ0n) is 13.3. The first kappa shape index (κ1) is 17.6. The molecule has 20 heavy (non-hydrogen) atoms. The van der Waals surface area contributed by atoms with Crippen LogP contribution in [0.5, 0.6) is 0 Å². The van der Waals surface area contributed by atoms with Crippen molar-refractivity contribution in [3.05, 3.63) is 0 Å². The highest BCUT2D eigenvalue weighted by Gasteiger charge is 2.27. The lowest BCUT2D eigenvalue weighted by Crippen LogP contribution is -2.47. The van der Waals surface area contributed by atoms with Crippen LogP contribution in [0.2, 0.25) is 0 Å². The molecule has 2 unspecified atom stereocenters. The minimum Gasteiger partial charge on any atom is -0.396 e. The summed E-state index contributed by atoms with van der Waals surface area (Å²) in [5, 5.41) is 12.8. The molecule has 4 nitrogen and oxygen atoms in total. The van der Waals surface area contributed by atoms with Crippen molar-refractivity contribution in [3.63, 3.8) is 0 Å². The van der Waals surface area contributed by atoms with Gasteiger partial charge in [-0.3, -0.25) is 0 Å². The summed E-state index contributed by atoms with van der Waals surface area (Å²) in [5.41, 5.74) is 0.0737. The van der Waals surface area contributed by atoms with E-state index >= 15 is 0 Å². The molecule has 1 saturated carbocycles. The molecule has 1 rings (SSSR count). The van der Waals surface area contributed by atoms with Gasteiger partial charge in [-0.05, 0) is 37.4 Å². The van der Waals surface area contributed by atoms with Gasteiger partial charge in [0.1, 0.15) is 0 Å². The molecule has 0 heterocycles. The van der Waals surface area contributed by atoms with E-state index in [2.05, 4.69) is 32.3 Å². The van der Waals surface area contributed by atoms with Crippen molar-refractivity contribution in [3.8, 4) is 0 Å². The van der Waals surface area contributed by atoms with E-state index in [4.69, 9.17) is 5.11 Å². The molecule has 0 radical (unpaired) electrons. The number of hydrogen-bond acceptors (Lipinski definition) is 3. The highest BCUT2D eigenvalue weighted by atomic mass is 32.2. The number of nitrogens with zero attached hydrogens (tertiary/aromatic N) is 1. The first-order valence-corrected chi connectivity index (χ1v) is 8.83. The zero-order valence-corrected chi connectivity index (χ0v) is 14.1. The Labute approximate surface area is 127 Å². The number of aliphatic hydroxyl groups is 1. The van der Waals surface area contributed by atoms with Gasteiger partial charge in [0.2, 0.25) is 0 Å². The fraction of sp³-hybridized carbons (Fsp3) is 0.933. The number of carbonyl (C=O) groups is 1. The molecule has 0 aromatic rings. The third kappa shape index (κ3) is 6.35. The topological polar surface area (TPSA) is 52.6 Å². The van der Waals surface area contributed by atoms with Gasteiger partial charge in [-0.2, -0.15) is 11.8 Å². The first-order chi connectivity index (χ1) is 9.35. The van der Waals surface area contributed by atoms with E-state index in [0.29, 0.717) is 24.3 Å². The molecule has 0 aromatic heterocycles. The molecule has 5 heteroatoms. The standard InChI is InChI=1S/C15H30N2O2S/c1-15(2,3)11-17(8-5-9-18)14(19)16-12-6-7-13(10-12)20-4/h12-13,18H,5-11H2,1-4H3,(H,16,19). The molecule has 118 valence electrons. The SMILES string of the molecule is CSC1CCC(NC(=O)N(CCCO)CC(C)(C)C)C1. The summed E-state index contributed by atoms with van der Waals surface area (Å²) in [7, 11) is 0. The van der Waals surface area contributed by atoms with Gasteiger partial charge in [-0.1, -0.05) is 20.8 Å².